The van der Waals surface area contributed by atoms with Crippen LogP contribution in [-0.4, -0.2) is 34.8 Å². The number of benzene rings is 2. The van der Waals surface area contributed by atoms with Gasteiger partial charge in [0.15, 0.2) is 0 Å². The van der Waals surface area contributed by atoms with Crippen molar-refractivity contribution in [1.29, 1.82) is 0 Å². The lowest BCUT2D eigenvalue weighted by molar-refractivity contribution is -0.128. The van der Waals surface area contributed by atoms with E-state index in [1.165, 1.54) is 5.56 Å². The molecule has 2 aliphatic rings. The minimum absolute atomic E-state index is 0.0904. The molecule has 0 bridgehead atoms. The average Bonchev–Trinajstić information content (AvgIpc) is 3.27. The van der Waals surface area contributed by atoms with E-state index >= 15 is 0 Å². The maximum absolute atomic E-state index is 13.2. The van der Waals surface area contributed by atoms with Gasteiger partial charge < -0.3 is 10.2 Å². The fourth-order valence-electron chi connectivity index (χ4n) is 4.81. The minimum atomic E-state index is -0.168. The van der Waals surface area contributed by atoms with Crippen molar-refractivity contribution in [2.75, 3.05) is 13.1 Å². The van der Waals surface area contributed by atoms with Crippen LogP contribution in [-0.2, 0) is 4.79 Å². The number of amides is 2. The first kappa shape index (κ1) is 16.9. The van der Waals surface area contributed by atoms with Gasteiger partial charge in [-0.2, -0.15) is 0 Å². The summed E-state index contributed by atoms with van der Waals surface area (Å²) in [7, 11) is 0. The van der Waals surface area contributed by atoms with Crippen LogP contribution in [0.1, 0.15) is 40.5 Å². The first-order chi connectivity index (χ1) is 13.6. The quantitative estimate of drug-likeness (QED) is 0.752. The van der Waals surface area contributed by atoms with Gasteiger partial charge in [0.1, 0.15) is 5.69 Å². The van der Waals surface area contributed by atoms with E-state index in [-0.39, 0.29) is 29.7 Å². The van der Waals surface area contributed by atoms with Crippen LogP contribution in [0.15, 0.2) is 60.8 Å². The normalized spacial score (nSPS) is 22.8. The SMILES string of the molecule is CC(=O)N1C[C@H]2[C@@H](C1)c1ccccc1[C@@H]2NC(=O)c1nccc2ccccc12. The zero-order chi connectivity index (χ0) is 19.3. The van der Waals surface area contributed by atoms with E-state index in [4.69, 9.17) is 0 Å². The highest BCUT2D eigenvalue weighted by Gasteiger charge is 2.47. The smallest absolute Gasteiger partial charge is 0.271 e. The molecule has 0 radical (unpaired) electrons. The molecular formula is C23H21N3O2. The summed E-state index contributed by atoms with van der Waals surface area (Å²) in [5.41, 5.74) is 2.85. The fraction of sp³-hybridized carbons (Fsp3) is 0.261. The Labute approximate surface area is 163 Å². The van der Waals surface area contributed by atoms with E-state index in [1.807, 2.05) is 47.4 Å². The Morgan fingerprint density at radius 2 is 1.75 bits per heavy atom. The third kappa shape index (κ3) is 2.58. The van der Waals surface area contributed by atoms with Crippen LogP contribution < -0.4 is 5.32 Å². The predicted molar refractivity (Wildman–Crippen MR) is 107 cm³/mol. The minimum Gasteiger partial charge on any atom is -0.343 e. The number of hydrogen-bond donors (Lipinski definition) is 1. The molecule has 5 rings (SSSR count). The summed E-state index contributed by atoms with van der Waals surface area (Å²) >= 11 is 0. The van der Waals surface area contributed by atoms with Gasteiger partial charge in [0.25, 0.3) is 5.91 Å². The Balaban J connectivity index is 1.50. The highest BCUT2D eigenvalue weighted by Crippen LogP contribution is 2.49. The lowest BCUT2D eigenvalue weighted by Crippen LogP contribution is -2.35. The van der Waals surface area contributed by atoms with Crippen molar-refractivity contribution < 1.29 is 9.59 Å². The number of fused-ring (bicyclic) bond motifs is 4. The molecule has 2 aromatic carbocycles. The van der Waals surface area contributed by atoms with Gasteiger partial charge in [0.2, 0.25) is 5.91 Å². The van der Waals surface area contributed by atoms with Crippen molar-refractivity contribution in [2.24, 2.45) is 5.92 Å². The number of pyridine rings is 1. The average molecular weight is 371 g/mol. The molecule has 1 saturated heterocycles. The largest absolute Gasteiger partial charge is 0.343 e. The van der Waals surface area contributed by atoms with Gasteiger partial charge in [-0.05, 0) is 22.6 Å². The highest BCUT2D eigenvalue weighted by molar-refractivity contribution is 6.05. The predicted octanol–water partition coefficient (Wildman–Crippen LogP) is 3.28. The van der Waals surface area contributed by atoms with Gasteiger partial charge in [0, 0.05) is 43.4 Å². The van der Waals surface area contributed by atoms with Crippen LogP contribution >= 0.6 is 0 Å². The number of rotatable bonds is 2. The second-order valence-corrected chi connectivity index (χ2v) is 7.66. The van der Waals surface area contributed by atoms with Crippen molar-refractivity contribution >= 4 is 22.6 Å². The van der Waals surface area contributed by atoms with Gasteiger partial charge in [-0.25, -0.2) is 0 Å². The monoisotopic (exact) mass is 371 g/mol. The molecule has 1 N–H and O–H groups in total. The summed E-state index contributed by atoms with van der Waals surface area (Å²) in [6.45, 7) is 3.00. The van der Waals surface area contributed by atoms with E-state index in [1.54, 1.807) is 13.1 Å². The van der Waals surface area contributed by atoms with Crippen molar-refractivity contribution in [2.45, 2.75) is 18.9 Å². The Bertz CT molecular complexity index is 1090. The highest BCUT2D eigenvalue weighted by atomic mass is 16.2. The third-order valence-corrected chi connectivity index (χ3v) is 6.14. The van der Waals surface area contributed by atoms with Gasteiger partial charge in [-0.1, -0.05) is 48.5 Å². The molecule has 3 atom stereocenters. The van der Waals surface area contributed by atoms with E-state index in [0.29, 0.717) is 12.2 Å². The second-order valence-electron chi connectivity index (χ2n) is 7.66. The number of aromatic nitrogens is 1. The molecule has 3 aromatic rings. The molecule has 140 valence electrons. The summed E-state index contributed by atoms with van der Waals surface area (Å²) in [6, 6.07) is 17.8. The number of carbonyl (C=O) groups excluding carboxylic acids is 2. The Hall–Kier alpha value is -3.21. The maximum atomic E-state index is 13.2. The molecular weight excluding hydrogens is 350 g/mol. The molecule has 28 heavy (non-hydrogen) atoms. The van der Waals surface area contributed by atoms with E-state index in [0.717, 1.165) is 22.9 Å². The van der Waals surface area contributed by atoms with E-state index in [2.05, 4.69) is 22.4 Å². The fourth-order valence-corrected chi connectivity index (χ4v) is 4.81. The van der Waals surface area contributed by atoms with E-state index < -0.39 is 0 Å². The van der Waals surface area contributed by atoms with Crippen LogP contribution in [0, 0.1) is 5.92 Å². The summed E-state index contributed by atoms with van der Waals surface area (Å²) in [5, 5.41) is 5.08. The number of hydrogen-bond acceptors (Lipinski definition) is 3. The standard InChI is InChI=1S/C23H21N3O2/c1-14(27)26-12-19-17-8-4-5-9-18(17)21(20(19)13-26)25-23(28)22-16-7-3-2-6-15(16)10-11-24-22/h2-11,19-21H,12-13H2,1H3,(H,25,28)/t19-,20-,21-/m0/s1. The molecule has 5 nitrogen and oxygen atoms in total. The summed E-state index contributed by atoms with van der Waals surface area (Å²) in [6.07, 6.45) is 1.68. The van der Waals surface area contributed by atoms with Crippen LogP contribution in [0.5, 0.6) is 0 Å². The van der Waals surface area contributed by atoms with Crippen LogP contribution in [0.25, 0.3) is 10.8 Å². The summed E-state index contributed by atoms with van der Waals surface area (Å²) in [5.74, 6) is 0.386. The zero-order valence-electron chi connectivity index (χ0n) is 15.6. The first-order valence-electron chi connectivity index (χ1n) is 9.62. The number of nitrogens with one attached hydrogen (secondary N) is 1. The van der Waals surface area contributed by atoms with E-state index in [9.17, 15) is 9.59 Å². The Morgan fingerprint density at radius 3 is 2.57 bits per heavy atom. The number of likely N-dealkylation sites (tertiary alicyclic amines) is 1. The lowest BCUT2D eigenvalue weighted by atomic mass is 9.94. The molecule has 5 heteroatoms. The Morgan fingerprint density at radius 1 is 1.00 bits per heavy atom. The van der Waals surface area contributed by atoms with Crippen molar-refractivity contribution in [3.05, 3.63) is 77.6 Å². The molecule has 0 unspecified atom stereocenters. The van der Waals surface area contributed by atoms with Crippen LogP contribution in [0.2, 0.25) is 0 Å². The van der Waals surface area contributed by atoms with Gasteiger partial charge in [-0.15, -0.1) is 0 Å². The molecule has 1 aliphatic carbocycles. The molecule has 0 spiro atoms. The van der Waals surface area contributed by atoms with Crippen molar-refractivity contribution in [1.82, 2.24) is 15.2 Å². The summed E-state index contributed by atoms with van der Waals surface area (Å²) < 4.78 is 0. The number of carbonyl (C=O) groups is 2. The zero-order valence-corrected chi connectivity index (χ0v) is 15.6. The van der Waals surface area contributed by atoms with Gasteiger partial charge in [0.05, 0.1) is 6.04 Å². The summed E-state index contributed by atoms with van der Waals surface area (Å²) in [4.78, 5) is 31.3. The van der Waals surface area contributed by atoms with Crippen molar-refractivity contribution in [3.63, 3.8) is 0 Å². The third-order valence-electron chi connectivity index (χ3n) is 6.14. The van der Waals surface area contributed by atoms with Crippen LogP contribution in [0.4, 0.5) is 0 Å². The van der Waals surface area contributed by atoms with Crippen LogP contribution in [0.3, 0.4) is 0 Å². The maximum Gasteiger partial charge on any atom is 0.271 e. The van der Waals surface area contributed by atoms with Crippen molar-refractivity contribution in [3.8, 4) is 0 Å². The molecule has 1 fully saturated rings. The topological polar surface area (TPSA) is 62.3 Å². The number of nitrogens with zero attached hydrogens (tertiary/aromatic N) is 2. The second kappa shape index (κ2) is 6.44. The first-order valence-corrected chi connectivity index (χ1v) is 9.62. The molecule has 1 aromatic heterocycles. The molecule has 0 saturated carbocycles. The van der Waals surface area contributed by atoms with Gasteiger partial charge in [-0.3, -0.25) is 14.6 Å². The molecule has 2 heterocycles. The molecule has 2 amide bonds. The lowest BCUT2D eigenvalue weighted by Gasteiger charge is -2.22. The Kier molecular flexibility index (Phi) is 3.90. The van der Waals surface area contributed by atoms with Gasteiger partial charge >= 0.3 is 0 Å². The molecule has 1 aliphatic heterocycles.